The van der Waals surface area contributed by atoms with Gasteiger partial charge < -0.3 is 10.4 Å². The Labute approximate surface area is 172 Å². The number of carbonyl (C=O) groups is 1. The normalized spacial score (nSPS) is 37.6. The fourth-order valence-corrected chi connectivity index (χ4v) is 8.11. The predicted octanol–water partition coefficient (Wildman–Crippen LogP) is 2.14. The Morgan fingerprint density at radius 3 is 2.24 bits per heavy atom. The number of benzene rings is 1. The van der Waals surface area contributed by atoms with Crippen LogP contribution in [-0.4, -0.2) is 48.5 Å². The highest BCUT2D eigenvalue weighted by Gasteiger charge is 2.57. The third kappa shape index (κ3) is 3.41. The molecule has 6 nitrogen and oxygen atoms in total. The second kappa shape index (κ2) is 7.06. The SMILES string of the molecule is O=C(NC1C2CC3CC(C2)CC1(O)C3)C1CCN(S(=O)(=O)c2ccccc2)CC1. The van der Waals surface area contributed by atoms with Crippen LogP contribution in [0.4, 0.5) is 0 Å². The summed E-state index contributed by atoms with van der Waals surface area (Å²) in [7, 11) is -3.50. The summed E-state index contributed by atoms with van der Waals surface area (Å²) in [5.41, 5.74) is -0.734. The first-order chi connectivity index (χ1) is 13.8. The summed E-state index contributed by atoms with van der Waals surface area (Å²) in [5, 5.41) is 14.4. The lowest BCUT2D eigenvalue weighted by atomic mass is 9.52. The van der Waals surface area contributed by atoms with E-state index in [2.05, 4.69) is 5.32 Å². The molecule has 0 aromatic heterocycles. The number of hydrogen-bond acceptors (Lipinski definition) is 4. The minimum Gasteiger partial charge on any atom is -0.388 e. The van der Waals surface area contributed by atoms with Crippen molar-refractivity contribution >= 4 is 15.9 Å². The van der Waals surface area contributed by atoms with Crippen molar-refractivity contribution in [3.05, 3.63) is 30.3 Å². The maximum absolute atomic E-state index is 13.0. The van der Waals surface area contributed by atoms with Crippen LogP contribution in [0.3, 0.4) is 0 Å². The smallest absolute Gasteiger partial charge is 0.243 e. The van der Waals surface area contributed by atoms with E-state index in [1.807, 2.05) is 0 Å². The van der Waals surface area contributed by atoms with E-state index in [9.17, 15) is 18.3 Å². The largest absolute Gasteiger partial charge is 0.388 e. The Kier molecular flexibility index (Phi) is 4.76. The average Bonchev–Trinajstić information content (AvgIpc) is 2.70. The number of piperidine rings is 1. The number of nitrogens with zero attached hydrogens (tertiary/aromatic N) is 1. The summed E-state index contributed by atoms with van der Waals surface area (Å²) in [6, 6.07) is 8.34. The molecular formula is C22H30N2O4S. The number of sulfonamides is 1. The van der Waals surface area contributed by atoms with Crippen molar-refractivity contribution < 1.29 is 18.3 Å². The number of rotatable bonds is 4. The van der Waals surface area contributed by atoms with E-state index in [-0.39, 0.29) is 17.9 Å². The molecule has 158 valence electrons. The lowest BCUT2D eigenvalue weighted by Crippen LogP contribution is -2.66. The van der Waals surface area contributed by atoms with E-state index in [0.717, 1.165) is 25.7 Å². The van der Waals surface area contributed by atoms with Gasteiger partial charge in [-0.05, 0) is 74.8 Å². The lowest BCUT2D eigenvalue weighted by Gasteiger charge is -2.59. The van der Waals surface area contributed by atoms with E-state index in [1.54, 1.807) is 30.3 Å². The maximum atomic E-state index is 13.0. The summed E-state index contributed by atoms with van der Waals surface area (Å²) in [5.74, 6) is 1.45. The van der Waals surface area contributed by atoms with Gasteiger partial charge in [-0.15, -0.1) is 0 Å². The predicted molar refractivity (Wildman–Crippen MR) is 108 cm³/mol. The molecule has 2 N–H and O–H groups in total. The Hall–Kier alpha value is -1.44. The van der Waals surface area contributed by atoms with Crippen molar-refractivity contribution in [2.45, 2.75) is 61.5 Å². The molecule has 4 aliphatic carbocycles. The van der Waals surface area contributed by atoms with Crippen LogP contribution in [0, 0.1) is 23.7 Å². The molecule has 1 heterocycles. The number of nitrogens with one attached hydrogen (secondary N) is 1. The van der Waals surface area contributed by atoms with Crippen LogP contribution in [0.25, 0.3) is 0 Å². The van der Waals surface area contributed by atoms with Gasteiger partial charge in [0.15, 0.2) is 0 Å². The molecular weight excluding hydrogens is 388 g/mol. The zero-order chi connectivity index (χ0) is 20.2. The minimum atomic E-state index is -3.50. The van der Waals surface area contributed by atoms with Gasteiger partial charge >= 0.3 is 0 Å². The van der Waals surface area contributed by atoms with Crippen LogP contribution in [0.15, 0.2) is 35.2 Å². The minimum absolute atomic E-state index is 0.00680. The van der Waals surface area contributed by atoms with Crippen molar-refractivity contribution in [3.63, 3.8) is 0 Å². The van der Waals surface area contributed by atoms with Crippen LogP contribution in [-0.2, 0) is 14.8 Å². The van der Waals surface area contributed by atoms with E-state index in [0.29, 0.717) is 48.6 Å². The maximum Gasteiger partial charge on any atom is 0.243 e. The molecule has 29 heavy (non-hydrogen) atoms. The van der Waals surface area contributed by atoms with E-state index >= 15 is 0 Å². The zero-order valence-electron chi connectivity index (χ0n) is 16.7. The molecule has 5 aliphatic rings. The van der Waals surface area contributed by atoms with Crippen LogP contribution >= 0.6 is 0 Å². The fourth-order valence-electron chi connectivity index (χ4n) is 6.62. The summed E-state index contributed by atoms with van der Waals surface area (Å²) in [4.78, 5) is 13.3. The van der Waals surface area contributed by atoms with Gasteiger partial charge in [0.25, 0.3) is 0 Å². The first-order valence-electron chi connectivity index (χ1n) is 10.9. The summed E-state index contributed by atoms with van der Waals surface area (Å²) in [6.07, 6.45) is 6.18. The highest BCUT2D eigenvalue weighted by atomic mass is 32.2. The van der Waals surface area contributed by atoms with Crippen molar-refractivity contribution in [2.75, 3.05) is 13.1 Å². The molecule has 4 saturated carbocycles. The highest BCUT2D eigenvalue weighted by Crippen LogP contribution is 2.55. The Balaban J connectivity index is 1.21. The summed E-state index contributed by atoms with van der Waals surface area (Å²) >= 11 is 0. The Morgan fingerprint density at radius 2 is 1.66 bits per heavy atom. The van der Waals surface area contributed by atoms with E-state index < -0.39 is 15.6 Å². The molecule has 0 spiro atoms. The van der Waals surface area contributed by atoms with Crippen LogP contribution < -0.4 is 5.32 Å². The van der Waals surface area contributed by atoms with E-state index in [1.165, 1.54) is 10.7 Å². The molecule has 1 aliphatic heterocycles. The van der Waals surface area contributed by atoms with Gasteiger partial charge in [-0.1, -0.05) is 18.2 Å². The fraction of sp³-hybridized carbons (Fsp3) is 0.682. The van der Waals surface area contributed by atoms with Crippen molar-refractivity contribution in [3.8, 4) is 0 Å². The molecule has 5 fully saturated rings. The molecule has 1 aromatic carbocycles. The van der Waals surface area contributed by atoms with Gasteiger partial charge in [-0.25, -0.2) is 8.42 Å². The summed E-state index contributed by atoms with van der Waals surface area (Å²) in [6.45, 7) is 0.718. The summed E-state index contributed by atoms with van der Waals surface area (Å²) < 4.78 is 27.1. The third-order valence-electron chi connectivity index (χ3n) is 7.78. The first kappa shape index (κ1) is 19.5. The molecule has 3 unspecified atom stereocenters. The van der Waals surface area contributed by atoms with Crippen LogP contribution in [0.2, 0.25) is 0 Å². The first-order valence-corrected chi connectivity index (χ1v) is 12.4. The Bertz CT molecular complexity index is 865. The van der Waals surface area contributed by atoms with Gasteiger partial charge in [0.1, 0.15) is 0 Å². The molecule has 7 heteroatoms. The van der Waals surface area contributed by atoms with Crippen molar-refractivity contribution in [1.82, 2.24) is 9.62 Å². The van der Waals surface area contributed by atoms with Crippen molar-refractivity contribution in [1.29, 1.82) is 0 Å². The lowest BCUT2D eigenvalue weighted by molar-refractivity contribution is -0.159. The van der Waals surface area contributed by atoms with Gasteiger partial charge in [0.2, 0.25) is 15.9 Å². The highest BCUT2D eigenvalue weighted by molar-refractivity contribution is 7.89. The zero-order valence-corrected chi connectivity index (χ0v) is 17.5. The molecule has 3 atom stereocenters. The topological polar surface area (TPSA) is 86.7 Å². The van der Waals surface area contributed by atoms with Gasteiger partial charge in [0.05, 0.1) is 16.5 Å². The molecule has 6 rings (SSSR count). The van der Waals surface area contributed by atoms with Gasteiger partial charge in [-0.3, -0.25) is 4.79 Å². The molecule has 0 radical (unpaired) electrons. The second-order valence-electron chi connectivity index (χ2n) is 9.69. The van der Waals surface area contributed by atoms with Gasteiger partial charge in [-0.2, -0.15) is 4.31 Å². The number of hydrogen-bond donors (Lipinski definition) is 2. The molecule has 1 saturated heterocycles. The second-order valence-corrected chi connectivity index (χ2v) is 11.6. The van der Waals surface area contributed by atoms with Crippen molar-refractivity contribution in [2.24, 2.45) is 23.7 Å². The number of amides is 1. The van der Waals surface area contributed by atoms with Crippen LogP contribution in [0.1, 0.15) is 44.9 Å². The molecule has 1 aromatic rings. The Morgan fingerprint density at radius 1 is 1.03 bits per heavy atom. The quantitative estimate of drug-likeness (QED) is 0.784. The third-order valence-corrected chi connectivity index (χ3v) is 9.69. The standard InChI is InChI=1S/C22H30N2O4S/c25-21(23-20-18-11-15-10-16(12-18)14-22(20,26)13-15)17-6-8-24(9-7-17)29(27,28)19-4-2-1-3-5-19/h1-5,15-18,20,26H,6-14H2,(H,23,25). The van der Waals surface area contributed by atoms with E-state index in [4.69, 9.17) is 0 Å². The van der Waals surface area contributed by atoms with Gasteiger partial charge in [0, 0.05) is 19.0 Å². The monoisotopic (exact) mass is 418 g/mol. The van der Waals surface area contributed by atoms with Crippen LogP contribution in [0.5, 0.6) is 0 Å². The number of carbonyl (C=O) groups excluding carboxylic acids is 1. The number of aliphatic hydroxyl groups is 1. The molecule has 1 amide bonds. The molecule has 4 bridgehead atoms. The average molecular weight is 419 g/mol.